The van der Waals surface area contributed by atoms with Gasteiger partial charge in [-0.15, -0.1) is 5.10 Å². The predicted molar refractivity (Wildman–Crippen MR) is 75.0 cm³/mol. The third-order valence-electron chi connectivity index (χ3n) is 3.53. The molecule has 100 valence electrons. The van der Waals surface area contributed by atoms with E-state index in [1.54, 1.807) is 7.11 Å². The standard InChI is InChI=1S/C13H20BrN3O/c1-9(2)17-6-4-5-10(8-17)12-7-11(14)13(18-3)16-15-12/h7,9-10H,4-6,8H2,1-3H3. The van der Waals surface area contributed by atoms with Crippen LogP contribution in [0.15, 0.2) is 10.5 Å². The van der Waals surface area contributed by atoms with E-state index in [1.165, 1.54) is 19.4 Å². The Morgan fingerprint density at radius 3 is 2.83 bits per heavy atom. The van der Waals surface area contributed by atoms with Crippen LogP contribution in [0.1, 0.15) is 38.3 Å². The Labute approximate surface area is 117 Å². The van der Waals surface area contributed by atoms with Crippen molar-refractivity contribution in [2.75, 3.05) is 20.2 Å². The van der Waals surface area contributed by atoms with Crippen LogP contribution in [0.2, 0.25) is 0 Å². The van der Waals surface area contributed by atoms with Crippen LogP contribution in [-0.4, -0.2) is 41.3 Å². The van der Waals surface area contributed by atoms with Crippen LogP contribution < -0.4 is 4.74 Å². The molecule has 2 rings (SSSR count). The normalized spacial score (nSPS) is 21.3. The SMILES string of the molecule is COc1nnc(C2CCCN(C(C)C)C2)cc1Br. The first-order chi connectivity index (χ1) is 8.61. The summed E-state index contributed by atoms with van der Waals surface area (Å²) in [4.78, 5) is 2.51. The van der Waals surface area contributed by atoms with Gasteiger partial charge in [0.15, 0.2) is 0 Å². The predicted octanol–water partition coefficient (Wildman–Crippen LogP) is 2.84. The van der Waals surface area contributed by atoms with E-state index in [2.05, 4.69) is 44.9 Å². The molecule has 1 fully saturated rings. The quantitative estimate of drug-likeness (QED) is 0.860. The molecule has 0 amide bonds. The van der Waals surface area contributed by atoms with Gasteiger partial charge in [0.05, 0.1) is 17.3 Å². The van der Waals surface area contributed by atoms with Crippen LogP contribution in [0.25, 0.3) is 0 Å². The van der Waals surface area contributed by atoms with Gasteiger partial charge in [-0.05, 0) is 55.2 Å². The van der Waals surface area contributed by atoms with Crippen LogP contribution in [0.5, 0.6) is 5.88 Å². The molecule has 0 aliphatic carbocycles. The molecule has 0 N–H and O–H groups in total. The number of hydrogen-bond donors (Lipinski definition) is 0. The smallest absolute Gasteiger partial charge is 0.247 e. The summed E-state index contributed by atoms with van der Waals surface area (Å²) in [5.41, 5.74) is 1.06. The molecule has 1 aliphatic heterocycles. The molecule has 1 unspecified atom stereocenters. The second-order valence-corrected chi connectivity index (χ2v) is 5.91. The van der Waals surface area contributed by atoms with Crippen LogP contribution in [0, 0.1) is 0 Å². The van der Waals surface area contributed by atoms with Gasteiger partial charge in [-0.25, -0.2) is 0 Å². The molecule has 0 bridgehead atoms. The van der Waals surface area contributed by atoms with Gasteiger partial charge in [0.1, 0.15) is 0 Å². The number of methoxy groups -OCH3 is 1. The Balaban J connectivity index is 2.13. The number of rotatable bonds is 3. The van der Waals surface area contributed by atoms with Crippen LogP contribution in [0.4, 0.5) is 0 Å². The number of hydrogen-bond acceptors (Lipinski definition) is 4. The second-order valence-electron chi connectivity index (χ2n) is 5.05. The van der Waals surface area contributed by atoms with Crippen molar-refractivity contribution in [2.45, 2.75) is 38.6 Å². The zero-order chi connectivity index (χ0) is 13.1. The van der Waals surface area contributed by atoms with Crippen molar-refractivity contribution in [1.29, 1.82) is 0 Å². The zero-order valence-corrected chi connectivity index (χ0v) is 12.8. The first kappa shape index (κ1) is 13.7. The number of piperidine rings is 1. The second kappa shape index (κ2) is 5.97. The van der Waals surface area contributed by atoms with Crippen LogP contribution in [-0.2, 0) is 0 Å². The van der Waals surface area contributed by atoms with Crippen molar-refractivity contribution in [3.8, 4) is 5.88 Å². The fraction of sp³-hybridized carbons (Fsp3) is 0.692. The van der Waals surface area contributed by atoms with Crippen molar-refractivity contribution in [3.05, 3.63) is 16.2 Å². The lowest BCUT2D eigenvalue weighted by Gasteiger charge is -2.35. The molecule has 0 radical (unpaired) electrons. The lowest BCUT2D eigenvalue weighted by molar-refractivity contribution is 0.166. The van der Waals surface area contributed by atoms with Gasteiger partial charge in [0, 0.05) is 18.5 Å². The minimum absolute atomic E-state index is 0.482. The zero-order valence-electron chi connectivity index (χ0n) is 11.2. The molecule has 0 saturated carbocycles. The Bertz CT molecular complexity index is 411. The summed E-state index contributed by atoms with van der Waals surface area (Å²) in [6.07, 6.45) is 2.42. The van der Waals surface area contributed by atoms with Gasteiger partial charge in [0.2, 0.25) is 5.88 Å². The van der Waals surface area contributed by atoms with Crippen molar-refractivity contribution in [2.24, 2.45) is 0 Å². The van der Waals surface area contributed by atoms with E-state index >= 15 is 0 Å². The summed E-state index contributed by atoms with van der Waals surface area (Å²) >= 11 is 3.48. The van der Waals surface area contributed by atoms with Crippen molar-refractivity contribution < 1.29 is 4.74 Å². The van der Waals surface area contributed by atoms with Crippen LogP contribution >= 0.6 is 15.9 Å². The highest BCUT2D eigenvalue weighted by Gasteiger charge is 2.24. The number of likely N-dealkylation sites (tertiary alicyclic amines) is 1. The van der Waals surface area contributed by atoms with Gasteiger partial charge in [-0.3, -0.25) is 0 Å². The highest BCUT2D eigenvalue weighted by Crippen LogP contribution is 2.30. The molecule has 1 atom stereocenters. The Morgan fingerprint density at radius 1 is 1.44 bits per heavy atom. The molecular weight excluding hydrogens is 294 g/mol. The Kier molecular flexibility index (Phi) is 4.56. The van der Waals surface area contributed by atoms with E-state index in [9.17, 15) is 0 Å². The average Bonchev–Trinajstić information content (AvgIpc) is 2.38. The van der Waals surface area contributed by atoms with Gasteiger partial charge in [0.25, 0.3) is 0 Å². The van der Waals surface area contributed by atoms with E-state index in [0.717, 1.165) is 16.7 Å². The molecule has 4 nitrogen and oxygen atoms in total. The fourth-order valence-electron chi connectivity index (χ4n) is 2.43. The van der Waals surface area contributed by atoms with E-state index in [0.29, 0.717) is 17.8 Å². The maximum absolute atomic E-state index is 5.12. The largest absolute Gasteiger partial charge is 0.479 e. The first-order valence-electron chi connectivity index (χ1n) is 6.43. The molecule has 1 aromatic rings. The Morgan fingerprint density at radius 2 is 2.22 bits per heavy atom. The number of halogens is 1. The molecule has 0 aromatic carbocycles. The topological polar surface area (TPSA) is 38.3 Å². The molecule has 18 heavy (non-hydrogen) atoms. The summed E-state index contributed by atoms with van der Waals surface area (Å²) in [6.45, 7) is 6.76. The lowest BCUT2D eigenvalue weighted by atomic mass is 9.94. The van der Waals surface area contributed by atoms with Gasteiger partial charge < -0.3 is 9.64 Å². The molecule has 1 saturated heterocycles. The maximum Gasteiger partial charge on any atom is 0.247 e. The molecule has 1 aromatic heterocycles. The maximum atomic E-state index is 5.12. The monoisotopic (exact) mass is 313 g/mol. The average molecular weight is 314 g/mol. The number of ether oxygens (including phenoxy) is 1. The van der Waals surface area contributed by atoms with Crippen molar-refractivity contribution in [1.82, 2.24) is 15.1 Å². The van der Waals surface area contributed by atoms with E-state index in [-0.39, 0.29) is 0 Å². The molecule has 0 spiro atoms. The minimum Gasteiger partial charge on any atom is -0.479 e. The van der Waals surface area contributed by atoms with Crippen LogP contribution in [0.3, 0.4) is 0 Å². The molecular formula is C13H20BrN3O. The third-order valence-corrected chi connectivity index (χ3v) is 4.10. The number of aromatic nitrogens is 2. The summed E-state index contributed by atoms with van der Waals surface area (Å²) in [5.74, 6) is 1.03. The highest BCUT2D eigenvalue weighted by atomic mass is 79.9. The summed E-state index contributed by atoms with van der Waals surface area (Å²) in [5, 5.41) is 8.40. The lowest BCUT2D eigenvalue weighted by Crippen LogP contribution is -2.39. The highest BCUT2D eigenvalue weighted by molar-refractivity contribution is 9.10. The summed E-state index contributed by atoms with van der Waals surface area (Å²) in [7, 11) is 1.61. The molecule has 1 aliphatic rings. The summed E-state index contributed by atoms with van der Waals surface area (Å²) in [6, 6.07) is 2.64. The van der Waals surface area contributed by atoms with Gasteiger partial charge in [-0.2, -0.15) is 5.10 Å². The van der Waals surface area contributed by atoms with E-state index < -0.39 is 0 Å². The first-order valence-corrected chi connectivity index (χ1v) is 7.22. The van der Waals surface area contributed by atoms with Crippen molar-refractivity contribution in [3.63, 3.8) is 0 Å². The molecule has 2 heterocycles. The fourth-order valence-corrected chi connectivity index (χ4v) is 2.90. The van der Waals surface area contributed by atoms with E-state index in [1.807, 2.05) is 6.07 Å². The minimum atomic E-state index is 0.482. The Hall–Kier alpha value is -0.680. The van der Waals surface area contributed by atoms with E-state index in [4.69, 9.17) is 4.74 Å². The number of nitrogens with zero attached hydrogens (tertiary/aromatic N) is 3. The third kappa shape index (κ3) is 3.01. The summed E-state index contributed by atoms with van der Waals surface area (Å²) < 4.78 is 6.00. The molecule has 5 heteroatoms. The van der Waals surface area contributed by atoms with Gasteiger partial charge >= 0.3 is 0 Å². The van der Waals surface area contributed by atoms with Gasteiger partial charge in [-0.1, -0.05) is 0 Å². The van der Waals surface area contributed by atoms with Crippen molar-refractivity contribution >= 4 is 15.9 Å².